The Morgan fingerprint density at radius 2 is 1.74 bits per heavy atom. The Balaban J connectivity index is 2.28. The van der Waals surface area contributed by atoms with Gasteiger partial charge < -0.3 is 10.2 Å². The number of aromatic nitrogens is 2. The number of nitrogens with zero attached hydrogens (tertiary/aromatic N) is 2. The number of phenolic OH excluding ortho intramolecular Hbond substituents is 2. The van der Waals surface area contributed by atoms with Crippen molar-refractivity contribution < 1.29 is 10.2 Å². The van der Waals surface area contributed by atoms with Crippen LogP contribution in [0, 0.1) is 3.70 Å². The van der Waals surface area contributed by atoms with Gasteiger partial charge in [0.1, 0.15) is 15.2 Å². The molecule has 19 heavy (non-hydrogen) atoms. The molecule has 1 aromatic heterocycles. The molecule has 0 spiro atoms. The van der Waals surface area contributed by atoms with Crippen LogP contribution >= 0.6 is 38.5 Å². The number of benzene rings is 2. The van der Waals surface area contributed by atoms with Crippen LogP contribution in [-0.2, 0) is 0 Å². The number of rotatable bonds is 1. The average Bonchev–Trinajstić information content (AvgIpc) is 2.67. The number of hydrogen-bond donors (Lipinski definition) is 2. The zero-order valence-corrected chi connectivity index (χ0v) is 13.3. The maximum absolute atomic E-state index is 9.54. The van der Waals surface area contributed by atoms with Gasteiger partial charge in [0, 0.05) is 9.86 Å². The molecular formula is C13H8BrIN2O2. The lowest BCUT2D eigenvalue weighted by Gasteiger charge is -2.06. The highest BCUT2D eigenvalue weighted by atomic mass is 127. The summed E-state index contributed by atoms with van der Waals surface area (Å²) in [6, 6.07) is 10.1. The minimum absolute atomic E-state index is 0.194. The molecule has 0 amide bonds. The molecule has 0 aliphatic rings. The molecule has 6 heteroatoms. The Kier molecular flexibility index (Phi) is 3.14. The van der Waals surface area contributed by atoms with Crippen LogP contribution in [-0.4, -0.2) is 20.0 Å². The molecule has 0 fully saturated rings. The van der Waals surface area contributed by atoms with Crippen molar-refractivity contribution in [2.45, 2.75) is 0 Å². The summed E-state index contributed by atoms with van der Waals surface area (Å²) in [4.78, 5) is 0. The second-order valence-electron chi connectivity index (χ2n) is 4.04. The SMILES string of the molecule is Oc1ccc(-n2nc3ccc(O)cc3c2I)c(Br)c1. The predicted octanol–water partition coefficient (Wildman–Crippen LogP) is 3.80. The van der Waals surface area contributed by atoms with Crippen molar-refractivity contribution in [1.82, 2.24) is 9.78 Å². The number of fused-ring (bicyclic) bond motifs is 1. The summed E-state index contributed by atoms with van der Waals surface area (Å²) in [5, 5.41) is 24.4. The Hall–Kier alpha value is -1.28. The van der Waals surface area contributed by atoms with E-state index in [0.29, 0.717) is 0 Å². The third-order valence-corrected chi connectivity index (χ3v) is 4.43. The molecule has 3 aromatic rings. The second kappa shape index (κ2) is 4.68. The van der Waals surface area contributed by atoms with Crippen LogP contribution in [0.15, 0.2) is 40.9 Å². The van der Waals surface area contributed by atoms with Crippen LogP contribution in [0.3, 0.4) is 0 Å². The zero-order valence-electron chi connectivity index (χ0n) is 9.51. The zero-order chi connectivity index (χ0) is 13.6. The van der Waals surface area contributed by atoms with Gasteiger partial charge >= 0.3 is 0 Å². The van der Waals surface area contributed by atoms with Gasteiger partial charge in [-0.25, -0.2) is 4.68 Å². The van der Waals surface area contributed by atoms with E-state index in [9.17, 15) is 10.2 Å². The van der Waals surface area contributed by atoms with Gasteiger partial charge in [0.25, 0.3) is 0 Å². The van der Waals surface area contributed by atoms with Gasteiger partial charge in [0.15, 0.2) is 0 Å². The van der Waals surface area contributed by atoms with Crippen LogP contribution in [0.4, 0.5) is 0 Å². The maximum atomic E-state index is 9.54. The molecule has 0 aliphatic heterocycles. The topological polar surface area (TPSA) is 58.3 Å². The van der Waals surface area contributed by atoms with Crippen LogP contribution in [0.5, 0.6) is 11.5 Å². The number of phenols is 2. The summed E-state index contributed by atoms with van der Waals surface area (Å²) in [7, 11) is 0. The molecule has 0 unspecified atom stereocenters. The highest BCUT2D eigenvalue weighted by Gasteiger charge is 2.13. The van der Waals surface area contributed by atoms with Crippen molar-refractivity contribution in [3.63, 3.8) is 0 Å². The van der Waals surface area contributed by atoms with Crippen molar-refractivity contribution >= 4 is 49.4 Å². The molecule has 2 N–H and O–H groups in total. The minimum Gasteiger partial charge on any atom is -0.508 e. The lowest BCUT2D eigenvalue weighted by molar-refractivity contribution is 0.474. The molecule has 2 aromatic carbocycles. The highest BCUT2D eigenvalue weighted by Crippen LogP contribution is 2.30. The van der Waals surface area contributed by atoms with Crippen molar-refractivity contribution in [3.8, 4) is 17.2 Å². The fourth-order valence-electron chi connectivity index (χ4n) is 1.87. The van der Waals surface area contributed by atoms with Gasteiger partial charge in [-0.15, -0.1) is 0 Å². The van der Waals surface area contributed by atoms with Gasteiger partial charge in [-0.1, -0.05) is 0 Å². The van der Waals surface area contributed by atoms with E-state index in [2.05, 4.69) is 43.6 Å². The normalized spacial score (nSPS) is 11.1. The van der Waals surface area contributed by atoms with E-state index in [4.69, 9.17) is 0 Å². The Labute approximate surface area is 130 Å². The molecule has 0 aliphatic carbocycles. The highest BCUT2D eigenvalue weighted by molar-refractivity contribution is 14.1. The summed E-state index contributed by atoms with van der Waals surface area (Å²) in [6.07, 6.45) is 0. The van der Waals surface area contributed by atoms with Crippen LogP contribution in [0.25, 0.3) is 16.6 Å². The molecule has 4 nitrogen and oxygen atoms in total. The molecule has 0 atom stereocenters. The molecule has 0 bridgehead atoms. The van der Waals surface area contributed by atoms with E-state index >= 15 is 0 Å². The van der Waals surface area contributed by atoms with E-state index in [1.54, 1.807) is 41.1 Å². The fourth-order valence-corrected chi connectivity index (χ4v) is 3.20. The third-order valence-electron chi connectivity index (χ3n) is 2.76. The largest absolute Gasteiger partial charge is 0.508 e. The van der Waals surface area contributed by atoms with Crippen LogP contribution in [0.1, 0.15) is 0 Å². The van der Waals surface area contributed by atoms with Gasteiger partial charge in [-0.3, -0.25) is 0 Å². The first-order valence-electron chi connectivity index (χ1n) is 5.42. The first-order valence-corrected chi connectivity index (χ1v) is 7.29. The minimum atomic E-state index is 0.194. The molecule has 3 rings (SSSR count). The summed E-state index contributed by atoms with van der Waals surface area (Å²) in [5.74, 6) is 0.412. The van der Waals surface area contributed by atoms with Gasteiger partial charge in [-0.05, 0) is 74.9 Å². The lowest BCUT2D eigenvalue weighted by atomic mass is 10.2. The molecule has 0 saturated heterocycles. The van der Waals surface area contributed by atoms with Crippen molar-refractivity contribution in [2.75, 3.05) is 0 Å². The average molecular weight is 431 g/mol. The summed E-state index contributed by atoms with van der Waals surface area (Å²) >= 11 is 5.60. The van der Waals surface area contributed by atoms with E-state index in [0.717, 1.165) is 24.8 Å². The monoisotopic (exact) mass is 430 g/mol. The number of aromatic hydroxyl groups is 2. The summed E-state index contributed by atoms with van der Waals surface area (Å²) < 4.78 is 3.42. The van der Waals surface area contributed by atoms with Crippen molar-refractivity contribution in [1.29, 1.82) is 0 Å². The predicted molar refractivity (Wildman–Crippen MR) is 84.8 cm³/mol. The molecule has 96 valence electrons. The standard InChI is InChI=1S/C13H8BrIN2O2/c14-10-6-8(19)2-4-12(10)17-13(15)9-5-7(18)1-3-11(9)16-17/h1-6,18-19H. The Morgan fingerprint density at radius 3 is 2.47 bits per heavy atom. The maximum Gasteiger partial charge on any atom is 0.116 e. The molecular weight excluding hydrogens is 423 g/mol. The van der Waals surface area contributed by atoms with E-state index in [-0.39, 0.29) is 11.5 Å². The van der Waals surface area contributed by atoms with Crippen molar-refractivity contribution in [2.24, 2.45) is 0 Å². The Bertz CT molecular complexity index is 786. The summed E-state index contributed by atoms with van der Waals surface area (Å²) in [5.41, 5.74) is 1.64. The lowest BCUT2D eigenvalue weighted by Crippen LogP contribution is -1.99. The molecule has 0 saturated carbocycles. The van der Waals surface area contributed by atoms with Crippen LogP contribution < -0.4 is 0 Å². The fraction of sp³-hybridized carbons (Fsp3) is 0. The third kappa shape index (κ3) is 2.18. The van der Waals surface area contributed by atoms with E-state index < -0.39 is 0 Å². The molecule has 0 radical (unpaired) electrons. The van der Waals surface area contributed by atoms with Gasteiger partial charge in [0.05, 0.1) is 11.2 Å². The first-order chi connectivity index (χ1) is 9.06. The second-order valence-corrected chi connectivity index (χ2v) is 5.92. The molecule has 1 heterocycles. The van der Waals surface area contributed by atoms with Crippen molar-refractivity contribution in [3.05, 3.63) is 44.6 Å². The Morgan fingerprint density at radius 1 is 1.05 bits per heavy atom. The number of halogens is 2. The van der Waals surface area contributed by atoms with Gasteiger partial charge in [-0.2, -0.15) is 5.10 Å². The first kappa shape index (κ1) is 12.7. The van der Waals surface area contributed by atoms with Crippen LogP contribution in [0.2, 0.25) is 0 Å². The smallest absolute Gasteiger partial charge is 0.116 e. The van der Waals surface area contributed by atoms with E-state index in [1.165, 1.54) is 0 Å². The number of hydrogen-bond acceptors (Lipinski definition) is 3. The van der Waals surface area contributed by atoms with E-state index in [1.807, 2.05) is 0 Å². The quantitative estimate of drug-likeness (QED) is 0.577. The summed E-state index contributed by atoms with van der Waals surface area (Å²) in [6.45, 7) is 0. The van der Waals surface area contributed by atoms with Gasteiger partial charge in [0.2, 0.25) is 0 Å².